The molecule has 170 valence electrons. The highest BCUT2D eigenvalue weighted by molar-refractivity contribution is 7.85. The predicted octanol–water partition coefficient (Wildman–Crippen LogP) is 2.76. The van der Waals surface area contributed by atoms with E-state index < -0.39 is 33.7 Å². The van der Waals surface area contributed by atoms with Crippen LogP contribution in [0, 0.1) is 24.7 Å². The number of nitrogens with one attached hydrogen (secondary N) is 1. The largest absolute Gasteiger partial charge is 0.343 e. The summed E-state index contributed by atoms with van der Waals surface area (Å²) >= 11 is 0. The molecule has 0 rings (SSSR count). The summed E-state index contributed by atoms with van der Waals surface area (Å²) in [4.78, 5) is 25.8. The highest BCUT2D eigenvalue weighted by Crippen LogP contribution is 2.11. The van der Waals surface area contributed by atoms with E-state index >= 15 is 0 Å². The molecule has 30 heavy (non-hydrogen) atoms. The highest BCUT2D eigenvalue weighted by Gasteiger charge is 2.29. The number of hydrogen-bond acceptors (Lipinski definition) is 4. The summed E-state index contributed by atoms with van der Waals surface area (Å²) in [5, 5.41) is 2.39. The average Bonchev–Trinajstić information content (AvgIpc) is 2.67. The fraction of sp³-hybridized carbons (Fsp3) is 0.727. The van der Waals surface area contributed by atoms with E-state index in [1.165, 1.54) is 38.5 Å². The number of rotatable bonds is 17. The topological polar surface area (TPSA) is 104 Å². The maximum atomic E-state index is 12.5. The van der Waals surface area contributed by atoms with Gasteiger partial charge in [-0.3, -0.25) is 14.1 Å². The molecule has 0 aliphatic heterocycles. The molecule has 0 fully saturated rings. The van der Waals surface area contributed by atoms with Crippen LogP contribution in [0.5, 0.6) is 0 Å². The third-order valence-electron chi connectivity index (χ3n) is 4.64. The highest BCUT2D eigenvalue weighted by atomic mass is 32.2. The first kappa shape index (κ1) is 28.0. The molecular weight excluding hydrogens is 404 g/mol. The number of carbonyl (C=O) groups is 2. The molecule has 0 aliphatic rings. The van der Waals surface area contributed by atoms with Crippen molar-refractivity contribution < 1.29 is 22.6 Å². The maximum absolute atomic E-state index is 12.5. The second-order valence-corrected chi connectivity index (χ2v) is 8.90. The smallest absolute Gasteiger partial charge is 0.267 e. The zero-order valence-electron chi connectivity index (χ0n) is 18.1. The van der Waals surface area contributed by atoms with E-state index in [1.807, 2.05) is 0 Å². The molecule has 7 nitrogen and oxygen atoms in total. The Morgan fingerprint density at radius 2 is 1.40 bits per heavy atom. The quantitative estimate of drug-likeness (QED) is 0.206. The van der Waals surface area contributed by atoms with Crippen LogP contribution >= 0.6 is 0 Å². The van der Waals surface area contributed by atoms with E-state index in [9.17, 15) is 18.0 Å². The average molecular weight is 441 g/mol. The predicted molar refractivity (Wildman–Crippen MR) is 119 cm³/mol. The molecule has 0 aromatic rings. The van der Waals surface area contributed by atoms with Gasteiger partial charge in [-0.15, -0.1) is 12.8 Å². The minimum atomic E-state index is -4.49. The molecule has 8 heteroatoms. The van der Waals surface area contributed by atoms with Crippen LogP contribution in [0.3, 0.4) is 0 Å². The lowest BCUT2D eigenvalue weighted by Gasteiger charge is -2.24. The van der Waals surface area contributed by atoms with Crippen LogP contribution in [0.2, 0.25) is 0 Å². The first-order chi connectivity index (χ1) is 14.2. The Bertz CT molecular complexity index is 675. The fourth-order valence-electron chi connectivity index (χ4n) is 3.08. The minimum Gasteiger partial charge on any atom is -0.343 e. The van der Waals surface area contributed by atoms with Crippen molar-refractivity contribution in [1.29, 1.82) is 0 Å². The Kier molecular flexibility index (Phi) is 15.6. The monoisotopic (exact) mass is 440 g/mol. The van der Waals surface area contributed by atoms with Crippen molar-refractivity contribution in [3.63, 3.8) is 0 Å². The number of hydrogen-bond donors (Lipinski definition) is 2. The van der Waals surface area contributed by atoms with Gasteiger partial charge in [0.15, 0.2) is 0 Å². The summed E-state index contributed by atoms with van der Waals surface area (Å²) < 4.78 is 31.7. The lowest BCUT2D eigenvalue weighted by atomic mass is 10.1. The SMILES string of the molecule is C#CCN(CC#C)C(=O)[C@@H](CS(=O)(=O)O)NC(=O)CCCCCCCCCCCC. The fourth-order valence-corrected chi connectivity index (χ4v) is 3.72. The van der Waals surface area contributed by atoms with Crippen LogP contribution in [0.25, 0.3) is 0 Å². The van der Waals surface area contributed by atoms with Crippen molar-refractivity contribution in [1.82, 2.24) is 10.2 Å². The van der Waals surface area contributed by atoms with Crippen LogP contribution < -0.4 is 5.32 Å². The summed E-state index contributed by atoms with van der Waals surface area (Å²) in [6, 6.07) is -1.43. The Balaban J connectivity index is 4.41. The first-order valence-electron chi connectivity index (χ1n) is 10.6. The van der Waals surface area contributed by atoms with Gasteiger partial charge in [0.2, 0.25) is 11.8 Å². The molecular formula is C22H36N2O5S. The third kappa shape index (κ3) is 14.9. The molecule has 0 unspecified atom stereocenters. The molecule has 2 N–H and O–H groups in total. The third-order valence-corrected chi connectivity index (χ3v) is 5.40. The number of terminal acetylenes is 2. The van der Waals surface area contributed by atoms with Crippen LogP contribution in [-0.2, 0) is 19.7 Å². The van der Waals surface area contributed by atoms with E-state index in [4.69, 9.17) is 17.4 Å². The molecule has 0 spiro atoms. The number of unbranched alkanes of at least 4 members (excludes halogenated alkanes) is 9. The van der Waals surface area contributed by atoms with E-state index in [0.29, 0.717) is 6.42 Å². The number of nitrogens with zero attached hydrogens (tertiary/aromatic N) is 1. The molecule has 0 radical (unpaired) electrons. The molecule has 0 saturated carbocycles. The summed E-state index contributed by atoms with van der Waals surface area (Å²) in [7, 11) is -4.49. The van der Waals surface area contributed by atoms with Crippen molar-refractivity contribution in [2.45, 2.75) is 83.6 Å². The Hall–Kier alpha value is -2.03. The van der Waals surface area contributed by atoms with E-state index in [2.05, 4.69) is 24.1 Å². The van der Waals surface area contributed by atoms with Crippen LogP contribution in [0.15, 0.2) is 0 Å². The summed E-state index contributed by atoms with van der Waals surface area (Å²) in [6.45, 7) is 1.94. The van der Waals surface area contributed by atoms with Crippen molar-refractivity contribution in [3.8, 4) is 24.7 Å². The first-order valence-corrected chi connectivity index (χ1v) is 12.3. The summed E-state index contributed by atoms with van der Waals surface area (Å²) in [5.74, 6) is 2.41. The standard InChI is InChI=1S/C22H36N2O5S/c1-4-7-8-9-10-11-12-13-14-15-16-21(25)23-20(19-30(27,28)29)22(26)24(17-5-2)18-6-3/h2-3,20H,4,7-19H2,1H3,(H,23,25)(H,27,28,29)/t20-/m1/s1. The van der Waals surface area contributed by atoms with E-state index in [-0.39, 0.29) is 19.5 Å². The Morgan fingerprint density at radius 1 is 0.933 bits per heavy atom. The normalized spacial score (nSPS) is 11.9. The van der Waals surface area contributed by atoms with Crippen LogP contribution in [-0.4, -0.2) is 54.6 Å². The molecule has 0 aromatic heterocycles. The van der Waals surface area contributed by atoms with Gasteiger partial charge in [0.05, 0.1) is 13.1 Å². The zero-order chi connectivity index (χ0) is 22.8. The summed E-state index contributed by atoms with van der Waals surface area (Å²) in [5.41, 5.74) is 0. The molecule has 1 atom stereocenters. The van der Waals surface area contributed by atoms with Gasteiger partial charge in [0, 0.05) is 6.42 Å². The molecule has 0 bridgehead atoms. The van der Waals surface area contributed by atoms with E-state index in [0.717, 1.165) is 24.2 Å². The molecule has 0 saturated heterocycles. The molecule has 2 amide bonds. The van der Waals surface area contributed by atoms with Gasteiger partial charge in [-0.25, -0.2) is 0 Å². The van der Waals surface area contributed by atoms with Crippen LogP contribution in [0.4, 0.5) is 0 Å². The molecule has 0 aromatic carbocycles. The second-order valence-electron chi connectivity index (χ2n) is 7.40. The van der Waals surface area contributed by atoms with Crippen molar-refractivity contribution >= 4 is 21.9 Å². The number of amides is 2. The van der Waals surface area contributed by atoms with Crippen molar-refractivity contribution in [2.75, 3.05) is 18.8 Å². The lowest BCUT2D eigenvalue weighted by molar-refractivity contribution is -0.134. The number of carbonyl (C=O) groups excluding carboxylic acids is 2. The second kappa shape index (κ2) is 16.7. The molecule has 0 aliphatic carbocycles. The van der Waals surface area contributed by atoms with Gasteiger partial charge < -0.3 is 10.2 Å². The molecule has 0 heterocycles. The Labute approximate surface area is 182 Å². The van der Waals surface area contributed by atoms with Gasteiger partial charge in [-0.05, 0) is 6.42 Å². The zero-order valence-corrected chi connectivity index (χ0v) is 18.9. The maximum Gasteiger partial charge on any atom is 0.267 e. The lowest BCUT2D eigenvalue weighted by Crippen LogP contribution is -2.52. The van der Waals surface area contributed by atoms with Crippen LogP contribution in [0.1, 0.15) is 77.6 Å². The van der Waals surface area contributed by atoms with E-state index in [1.54, 1.807) is 0 Å². The van der Waals surface area contributed by atoms with Gasteiger partial charge >= 0.3 is 0 Å². The Morgan fingerprint density at radius 3 is 1.83 bits per heavy atom. The van der Waals surface area contributed by atoms with Gasteiger partial charge in [0.25, 0.3) is 10.1 Å². The minimum absolute atomic E-state index is 0.126. The van der Waals surface area contributed by atoms with Gasteiger partial charge in [-0.2, -0.15) is 8.42 Å². The summed E-state index contributed by atoms with van der Waals surface area (Å²) in [6.07, 6.45) is 21.8. The van der Waals surface area contributed by atoms with Crippen molar-refractivity contribution in [3.05, 3.63) is 0 Å². The van der Waals surface area contributed by atoms with Gasteiger partial charge in [0.1, 0.15) is 11.8 Å². The van der Waals surface area contributed by atoms with Crippen molar-refractivity contribution in [2.24, 2.45) is 0 Å². The van der Waals surface area contributed by atoms with Gasteiger partial charge in [-0.1, -0.05) is 76.6 Å².